The highest BCUT2D eigenvalue weighted by Gasteiger charge is 2.53. The normalized spacial score (nSPS) is 23.6. The van der Waals surface area contributed by atoms with E-state index in [2.05, 4.69) is 0 Å². The number of phenolic OH excluding ortho intramolecular Hbond substituents is 1. The Hall–Kier alpha value is -3.91. The first kappa shape index (κ1) is 22.5. The van der Waals surface area contributed by atoms with Crippen LogP contribution in [0.15, 0.2) is 54.6 Å². The standard InChI is InChI=1S/C28H26O8/c1-31-22-8-16(9-23(32-2)26(22)29)24-17-10-20-21(36-14-35-20)11-18(17)27(19-13-34-28(30)25(19)24)33-12-15-6-4-3-5-7-15/h3-11,19,24-25,27,29H,12-14H2,1-2H3/t19-,24+,25-,27+/m1/s1. The lowest BCUT2D eigenvalue weighted by Crippen LogP contribution is -2.35. The molecule has 1 N–H and O–H groups in total. The minimum atomic E-state index is -0.502. The molecule has 0 bridgehead atoms. The molecule has 3 aromatic carbocycles. The summed E-state index contributed by atoms with van der Waals surface area (Å²) in [7, 11) is 2.95. The molecule has 4 atom stereocenters. The van der Waals surface area contributed by atoms with Crippen LogP contribution in [0, 0.1) is 11.8 Å². The van der Waals surface area contributed by atoms with Gasteiger partial charge in [0.25, 0.3) is 0 Å². The Morgan fingerprint density at radius 1 is 0.917 bits per heavy atom. The maximum atomic E-state index is 13.2. The summed E-state index contributed by atoms with van der Waals surface area (Å²) in [5.41, 5.74) is 3.60. The van der Waals surface area contributed by atoms with E-state index in [1.165, 1.54) is 14.2 Å². The summed E-state index contributed by atoms with van der Waals surface area (Å²) in [6.07, 6.45) is -0.386. The minimum absolute atomic E-state index is 0.0971. The van der Waals surface area contributed by atoms with Gasteiger partial charge in [0.05, 0.1) is 39.5 Å². The Labute approximate surface area is 208 Å². The smallest absolute Gasteiger partial charge is 0.310 e. The van der Waals surface area contributed by atoms with Crippen molar-refractivity contribution in [3.63, 3.8) is 0 Å². The molecule has 0 unspecified atom stereocenters. The van der Waals surface area contributed by atoms with Crippen LogP contribution in [0.2, 0.25) is 0 Å². The van der Waals surface area contributed by atoms with Gasteiger partial charge in [-0.05, 0) is 46.5 Å². The lowest BCUT2D eigenvalue weighted by Gasteiger charge is -2.39. The van der Waals surface area contributed by atoms with Crippen molar-refractivity contribution < 1.29 is 38.3 Å². The van der Waals surface area contributed by atoms with Crippen LogP contribution in [-0.4, -0.2) is 38.7 Å². The number of hydrogen-bond donors (Lipinski definition) is 1. The van der Waals surface area contributed by atoms with Gasteiger partial charge in [0.2, 0.25) is 12.5 Å². The molecule has 186 valence electrons. The van der Waals surface area contributed by atoms with E-state index in [0.29, 0.717) is 18.1 Å². The van der Waals surface area contributed by atoms with Crippen LogP contribution in [0.5, 0.6) is 28.7 Å². The molecular formula is C28H26O8. The number of rotatable bonds is 6. The Bertz CT molecular complexity index is 1280. The van der Waals surface area contributed by atoms with Gasteiger partial charge in [0.1, 0.15) is 0 Å². The number of carbonyl (C=O) groups excluding carboxylic acids is 1. The Morgan fingerprint density at radius 3 is 2.25 bits per heavy atom. The monoisotopic (exact) mass is 490 g/mol. The number of methoxy groups -OCH3 is 2. The van der Waals surface area contributed by atoms with E-state index in [1.54, 1.807) is 12.1 Å². The lowest BCUT2D eigenvalue weighted by atomic mass is 9.66. The van der Waals surface area contributed by atoms with E-state index in [-0.39, 0.29) is 48.6 Å². The van der Waals surface area contributed by atoms with E-state index in [1.807, 2.05) is 42.5 Å². The molecule has 8 nitrogen and oxygen atoms in total. The second-order valence-corrected chi connectivity index (χ2v) is 9.12. The van der Waals surface area contributed by atoms with Gasteiger partial charge in [0, 0.05) is 11.8 Å². The number of hydrogen-bond acceptors (Lipinski definition) is 8. The first-order chi connectivity index (χ1) is 17.6. The molecule has 1 saturated heterocycles. The highest BCUT2D eigenvalue weighted by molar-refractivity contribution is 5.79. The van der Waals surface area contributed by atoms with Crippen molar-refractivity contribution in [3.05, 3.63) is 76.9 Å². The maximum absolute atomic E-state index is 13.2. The van der Waals surface area contributed by atoms with Gasteiger partial charge >= 0.3 is 5.97 Å². The fourth-order valence-electron chi connectivity index (χ4n) is 5.58. The molecule has 1 aliphatic carbocycles. The average molecular weight is 491 g/mol. The molecule has 6 rings (SSSR count). The van der Waals surface area contributed by atoms with Gasteiger partial charge in [-0.15, -0.1) is 0 Å². The van der Waals surface area contributed by atoms with Crippen LogP contribution in [0.25, 0.3) is 0 Å². The third-order valence-corrected chi connectivity index (χ3v) is 7.25. The summed E-state index contributed by atoms with van der Waals surface area (Å²) in [5, 5.41) is 10.5. The predicted molar refractivity (Wildman–Crippen MR) is 128 cm³/mol. The van der Waals surface area contributed by atoms with Crippen LogP contribution < -0.4 is 18.9 Å². The SMILES string of the molecule is COc1cc([C@H]2c3cc4c(cc3[C@H](OCc3ccccc3)[C@@H]3COC(=O)[C@@H]23)OCO4)cc(OC)c1O. The molecule has 0 aromatic heterocycles. The third kappa shape index (κ3) is 3.60. The number of phenols is 1. The summed E-state index contributed by atoms with van der Waals surface area (Å²) in [6, 6.07) is 17.3. The van der Waals surface area contributed by atoms with E-state index < -0.39 is 11.8 Å². The zero-order valence-corrected chi connectivity index (χ0v) is 19.9. The fraction of sp³-hybridized carbons (Fsp3) is 0.321. The van der Waals surface area contributed by atoms with Gasteiger partial charge in [0.15, 0.2) is 23.0 Å². The molecule has 3 aromatic rings. The predicted octanol–water partition coefficient (Wildman–Crippen LogP) is 4.33. The van der Waals surface area contributed by atoms with Crippen molar-refractivity contribution in [2.24, 2.45) is 11.8 Å². The van der Waals surface area contributed by atoms with E-state index in [4.69, 9.17) is 28.4 Å². The van der Waals surface area contributed by atoms with Crippen molar-refractivity contribution in [1.29, 1.82) is 0 Å². The first-order valence-corrected chi connectivity index (χ1v) is 11.8. The van der Waals surface area contributed by atoms with Crippen LogP contribution in [-0.2, 0) is 20.9 Å². The molecule has 8 heteroatoms. The minimum Gasteiger partial charge on any atom is -0.502 e. The van der Waals surface area contributed by atoms with Gasteiger partial charge in [-0.25, -0.2) is 0 Å². The second kappa shape index (κ2) is 8.95. The van der Waals surface area contributed by atoms with Crippen molar-refractivity contribution in [2.45, 2.75) is 18.6 Å². The molecule has 2 heterocycles. The summed E-state index contributed by atoms with van der Waals surface area (Å²) < 4.78 is 34.3. The lowest BCUT2D eigenvalue weighted by molar-refractivity contribution is -0.141. The quantitative estimate of drug-likeness (QED) is 0.511. The van der Waals surface area contributed by atoms with Crippen molar-refractivity contribution in [1.82, 2.24) is 0 Å². The summed E-state index contributed by atoms with van der Waals surface area (Å²) in [4.78, 5) is 13.2. The molecule has 0 saturated carbocycles. The van der Waals surface area contributed by atoms with Crippen molar-refractivity contribution in [2.75, 3.05) is 27.6 Å². The first-order valence-electron chi connectivity index (χ1n) is 11.8. The number of cyclic esters (lactones) is 1. The Balaban J connectivity index is 1.50. The second-order valence-electron chi connectivity index (χ2n) is 9.12. The summed E-state index contributed by atoms with van der Waals surface area (Å²) in [6.45, 7) is 0.774. The molecule has 0 amide bonds. The molecule has 0 spiro atoms. The Morgan fingerprint density at radius 2 is 1.58 bits per heavy atom. The highest BCUT2D eigenvalue weighted by atomic mass is 16.7. The van der Waals surface area contributed by atoms with E-state index >= 15 is 0 Å². The topological polar surface area (TPSA) is 92.7 Å². The molecule has 1 fully saturated rings. The number of fused-ring (bicyclic) bond motifs is 3. The van der Waals surface area contributed by atoms with E-state index in [0.717, 1.165) is 22.3 Å². The van der Waals surface area contributed by atoms with Gasteiger partial charge < -0.3 is 33.5 Å². The highest BCUT2D eigenvalue weighted by Crippen LogP contribution is 2.56. The molecule has 2 aliphatic heterocycles. The molecular weight excluding hydrogens is 464 g/mol. The molecule has 3 aliphatic rings. The number of esters is 1. The zero-order valence-electron chi connectivity index (χ0n) is 19.9. The van der Waals surface area contributed by atoms with E-state index in [9.17, 15) is 9.90 Å². The number of carbonyl (C=O) groups is 1. The van der Waals surface area contributed by atoms with Gasteiger partial charge in [-0.2, -0.15) is 0 Å². The van der Waals surface area contributed by atoms with Crippen LogP contribution in [0.3, 0.4) is 0 Å². The molecule has 0 radical (unpaired) electrons. The van der Waals surface area contributed by atoms with Crippen LogP contribution in [0.1, 0.15) is 34.3 Å². The van der Waals surface area contributed by atoms with Gasteiger partial charge in [-0.3, -0.25) is 4.79 Å². The van der Waals surface area contributed by atoms with Crippen molar-refractivity contribution in [3.8, 4) is 28.7 Å². The zero-order chi connectivity index (χ0) is 24.8. The average Bonchev–Trinajstić information content (AvgIpc) is 3.52. The van der Waals surface area contributed by atoms with Crippen molar-refractivity contribution >= 4 is 5.97 Å². The third-order valence-electron chi connectivity index (χ3n) is 7.25. The summed E-state index contributed by atoms with van der Waals surface area (Å²) in [5.74, 6) is 0.284. The number of ether oxygens (including phenoxy) is 6. The summed E-state index contributed by atoms with van der Waals surface area (Å²) >= 11 is 0. The maximum Gasteiger partial charge on any atom is 0.310 e. The number of benzene rings is 3. The fourth-order valence-corrected chi connectivity index (χ4v) is 5.58. The van der Waals surface area contributed by atoms with Crippen LogP contribution in [0.4, 0.5) is 0 Å². The molecule has 36 heavy (non-hydrogen) atoms. The number of aromatic hydroxyl groups is 1. The largest absolute Gasteiger partial charge is 0.502 e. The van der Waals surface area contributed by atoms with Gasteiger partial charge in [-0.1, -0.05) is 30.3 Å². The van der Waals surface area contributed by atoms with Crippen LogP contribution >= 0.6 is 0 Å². The Kier molecular flexibility index (Phi) is 5.60.